The molecule has 152 valence electrons. The van der Waals surface area contributed by atoms with Crippen molar-refractivity contribution >= 4 is 11.8 Å². The Morgan fingerprint density at radius 2 is 1.90 bits per heavy atom. The van der Waals surface area contributed by atoms with E-state index in [1.54, 1.807) is 13.3 Å². The number of methoxy groups -OCH3 is 1. The van der Waals surface area contributed by atoms with Gasteiger partial charge in [0.1, 0.15) is 11.5 Å². The van der Waals surface area contributed by atoms with Crippen LogP contribution in [-0.4, -0.2) is 31.0 Å². The maximum Gasteiger partial charge on any atom is 0.127 e. The third kappa shape index (κ3) is 4.28. The van der Waals surface area contributed by atoms with Crippen molar-refractivity contribution in [3.05, 3.63) is 83.7 Å². The predicted molar refractivity (Wildman–Crippen MR) is 122 cm³/mol. The van der Waals surface area contributed by atoms with Crippen LogP contribution < -0.4 is 9.47 Å². The van der Waals surface area contributed by atoms with Gasteiger partial charge in [-0.25, -0.2) is 0 Å². The second-order valence-electron chi connectivity index (χ2n) is 7.13. The van der Waals surface area contributed by atoms with Gasteiger partial charge < -0.3 is 9.47 Å². The number of nitrogens with zero attached hydrogens (tertiary/aromatic N) is 2. The van der Waals surface area contributed by atoms with E-state index in [2.05, 4.69) is 35.3 Å². The molecule has 2 heterocycles. The molecule has 3 aromatic rings. The Morgan fingerprint density at radius 1 is 1.00 bits per heavy atom. The first-order chi connectivity index (χ1) is 14.8. The van der Waals surface area contributed by atoms with Gasteiger partial charge in [0.25, 0.3) is 0 Å². The van der Waals surface area contributed by atoms with E-state index >= 15 is 0 Å². The molecule has 30 heavy (non-hydrogen) atoms. The van der Waals surface area contributed by atoms with E-state index in [0.717, 1.165) is 58.9 Å². The highest BCUT2D eigenvalue weighted by atomic mass is 16.5. The fraction of sp³-hybridized carbons (Fsp3) is 0.231. The third-order valence-corrected chi connectivity index (χ3v) is 5.15. The molecular weight excluding hydrogens is 372 g/mol. The van der Waals surface area contributed by atoms with Crippen molar-refractivity contribution in [1.29, 1.82) is 0 Å². The summed E-state index contributed by atoms with van der Waals surface area (Å²) >= 11 is 0. The van der Waals surface area contributed by atoms with Crippen LogP contribution in [0, 0.1) is 0 Å². The second kappa shape index (κ2) is 9.40. The number of hydrogen-bond acceptors (Lipinski definition) is 4. The Kier molecular flexibility index (Phi) is 6.23. The maximum absolute atomic E-state index is 5.86. The van der Waals surface area contributed by atoms with Crippen molar-refractivity contribution in [2.45, 2.75) is 19.8 Å². The van der Waals surface area contributed by atoms with E-state index in [1.807, 2.05) is 43.5 Å². The van der Waals surface area contributed by atoms with Crippen molar-refractivity contribution < 1.29 is 9.47 Å². The molecule has 1 aliphatic rings. The molecule has 0 aliphatic carbocycles. The molecule has 0 saturated heterocycles. The zero-order valence-electron chi connectivity index (χ0n) is 17.5. The molecule has 4 rings (SSSR count). The molecule has 4 heteroatoms. The summed E-state index contributed by atoms with van der Waals surface area (Å²) in [4.78, 5) is 9.06. The van der Waals surface area contributed by atoms with Crippen LogP contribution in [0.3, 0.4) is 0 Å². The van der Waals surface area contributed by atoms with Gasteiger partial charge >= 0.3 is 0 Å². The summed E-state index contributed by atoms with van der Waals surface area (Å²) in [6.45, 7) is 3.47. The van der Waals surface area contributed by atoms with Crippen LogP contribution in [0.2, 0.25) is 0 Å². The second-order valence-corrected chi connectivity index (χ2v) is 7.13. The first-order valence-electron chi connectivity index (χ1n) is 10.4. The number of allylic oxidation sites excluding steroid dienone is 1. The summed E-state index contributed by atoms with van der Waals surface area (Å²) < 4.78 is 11.5. The molecule has 0 unspecified atom stereocenters. The van der Waals surface area contributed by atoms with Crippen LogP contribution in [0.15, 0.2) is 77.6 Å². The van der Waals surface area contributed by atoms with Crippen LogP contribution in [0.25, 0.3) is 17.2 Å². The minimum atomic E-state index is 0.619. The maximum atomic E-state index is 5.86. The van der Waals surface area contributed by atoms with Crippen molar-refractivity contribution in [3.63, 3.8) is 0 Å². The number of aliphatic imine (C=N–C) groups is 1. The molecule has 0 bridgehead atoms. The van der Waals surface area contributed by atoms with E-state index < -0.39 is 0 Å². The Hall–Kier alpha value is -3.40. The highest BCUT2D eigenvalue weighted by Gasteiger charge is 2.16. The fourth-order valence-corrected chi connectivity index (χ4v) is 3.80. The number of rotatable bonds is 6. The summed E-state index contributed by atoms with van der Waals surface area (Å²) in [6.07, 6.45) is 7.98. The van der Waals surface area contributed by atoms with Crippen molar-refractivity contribution in [3.8, 4) is 22.6 Å². The molecule has 0 fully saturated rings. The SMILES string of the molecule is CCOc1ccccc1-c1cc(C=C2CCCN=C2c2cccnc2)ccc1OC. The first kappa shape index (κ1) is 19.9. The Morgan fingerprint density at radius 3 is 2.70 bits per heavy atom. The van der Waals surface area contributed by atoms with E-state index in [4.69, 9.17) is 14.5 Å². The minimum absolute atomic E-state index is 0.619. The van der Waals surface area contributed by atoms with Crippen LogP contribution in [0.1, 0.15) is 30.9 Å². The van der Waals surface area contributed by atoms with Gasteiger partial charge in [-0.3, -0.25) is 9.98 Å². The van der Waals surface area contributed by atoms with Gasteiger partial charge in [-0.05, 0) is 67.3 Å². The summed E-state index contributed by atoms with van der Waals surface area (Å²) in [6, 6.07) is 18.4. The minimum Gasteiger partial charge on any atom is -0.496 e. The molecule has 0 atom stereocenters. The summed E-state index contributed by atoms with van der Waals surface area (Å²) in [7, 11) is 1.70. The van der Waals surface area contributed by atoms with E-state index in [9.17, 15) is 0 Å². The Labute approximate surface area is 177 Å². The van der Waals surface area contributed by atoms with Gasteiger partial charge in [0, 0.05) is 35.6 Å². The van der Waals surface area contributed by atoms with Gasteiger partial charge in [-0.2, -0.15) is 0 Å². The Bertz CT molecular complexity index is 1070. The van der Waals surface area contributed by atoms with Crippen LogP contribution in [0.5, 0.6) is 11.5 Å². The topological polar surface area (TPSA) is 43.7 Å². The van der Waals surface area contributed by atoms with Crippen molar-refractivity contribution in [2.24, 2.45) is 4.99 Å². The molecule has 2 aromatic carbocycles. The fourth-order valence-electron chi connectivity index (χ4n) is 3.80. The lowest BCUT2D eigenvalue weighted by molar-refractivity contribution is 0.341. The zero-order valence-corrected chi connectivity index (χ0v) is 17.5. The average Bonchev–Trinajstić information content (AvgIpc) is 2.81. The monoisotopic (exact) mass is 398 g/mol. The summed E-state index contributed by atoms with van der Waals surface area (Å²) in [5, 5.41) is 0. The molecule has 1 aliphatic heterocycles. The molecule has 0 radical (unpaired) electrons. The number of benzene rings is 2. The van der Waals surface area contributed by atoms with Gasteiger partial charge in [-0.1, -0.05) is 24.3 Å². The quantitative estimate of drug-likeness (QED) is 0.525. The molecule has 1 aromatic heterocycles. The lowest BCUT2D eigenvalue weighted by atomic mass is 9.93. The van der Waals surface area contributed by atoms with Crippen LogP contribution in [-0.2, 0) is 0 Å². The summed E-state index contributed by atoms with van der Waals surface area (Å²) in [5.41, 5.74) is 6.52. The van der Waals surface area contributed by atoms with Crippen molar-refractivity contribution in [1.82, 2.24) is 4.98 Å². The smallest absolute Gasteiger partial charge is 0.127 e. The first-order valence-corrected chi connectivity index (χ1v) is 10.4. The molecule has 0 amide bonds. The van der Waals surface area contributed by atoms with Gasteiger partial charge in [0.05, 0.1) is 19.4 Å². The largest absolute Gasteiger partial charge is 0.496 e. The number of ether oxygens (including phenoxy) is 2. The third-order valence-electron chi connectivity index (χ3n) is 5.15. The highest BCUT2D eigenvalue weighted by molar-refractivity contribution is 6.15. The Balaban J connectivity index is 1.77. The number of pyridine rings is 1. The highest BCUT2D eigenvalue weighted by Crippen LogP contribution is 2.37. The lowest BCUT2D eigenvalue weighted by Crippen LogP contribution is -2.11. The van der Waals surface area contributed by atoms with Crippen molar-refractivity contribution in [2.75, 3.05) is 20.3 Å². The van der Waals surface area contributed by atoms with Gasteiger partial charge in [0.2, 0.25) is 0 Å². The van der Waals surface area contributed by atoms with Gasteiger partial charge in [-0.15, -0.1) is 0 Å². The molecule has 0 saturated carbocycles. The lowest BCUT2D eigenvalue weighted by Gasteiger charge is -2.17. The van der Waals surface area contributed by atoms with E-state index in [-0.39, 0.29) is 0 Å². The number of para-hydroxylation sites is 1. The standard InChI is InChI=1S/C26H26N2O2/c1-3-30-25-11-5-4-10-22(25)23-17-19(12-13-24(23)29-2)16-20-8-7-15-28-26(20)21-9-6-14-27-18-21/h4-6,9-14,16-18H,3,7-8,15H2,1-2H3. The van der Waals surface area contributed by atoms with Crippen LogP contribution >= 0.6 is 0 Å². The predicted octanol–water partition coefficient (Wildman–Crippen LogP) is 5.82. The van der Waals surface area contributed by atoms with Gasteiger partial charge in [0.15, 0.2) is 0 Å². The van der Waals surface area contributed by atoms with E-state index in [1.165, 1.54) is 5.57 Å². The number of aromatic nitrogens is 1. The van der Waals surface area contributed by atoms with E-state index in [0.29, 0.717) is 6.61 Å². The number of hydrogen-bond donors (Lipinski definition) is 0. The molecule has 0 N–H and O–H groups in total. The zero-order chi connectivity index (χ0) is 20.8. The van der Waals surface area contributed by atoms with Crippen LogP contribution in [0.4, 0.5) is 0 Å². The normalized spacial score (nSPS) is 15.0. The molecular formula is C26H26N2O2. The molecule has 0 spiro atoms. The summed E-state index contributed by atoms with van der Waals surface area (Å²) in [5.74, 6) is 1.69. The molecule has 4 nitrogen and oxygen atoms in total. The average molecular weight is 399 g/mol.